The van der Waals surface area contributed by atoms with Gasteiger partial charge in [-0.1, -0.05) is 13.0 Å². The second kappa shape index (κ2) is 6.43. The van der Waals surface area contributed by atoms with E-state index in [1.807, 2.05) is 19.1 Å². The first-order valence-electron chi connectivity index (χ1n) is 6.61. The van der Waals surface area contributed by atoms with Gasteiger partial charge in [0, 0.05) is 19.7 Å². The highest BCUT2D eigenvalue weighted by molar-refractivity contribution is 5.98. The quantitative estimate of drug-likeness (QED) is 0.748. The number of carbonyl (C=O) groups excluding carboxylic acids is 1. The summed E-state index contributed by atoms with van der Waals surface area (Å²) in [5, 5.41) is 14.9. The molecule has 0 fully saturated rings. The molecular formula is C14H20N2O3. The summed E-state index contributed by atoms with van der Waals surface area (Å²) in [6, 6.07) is 5.50. The smallest absolute Gasteiger partial charge is 0.255 e. The Kier molecular flexibility index (Phi) is 4.63. The van der Waals surface area contributed by atoms with Crippen LogP contribution < -0.4 is 15.4 Å². The van der Waals surface area contributed by atoms with E-state index < -0.39 is 0 Å². The van der Waals surface area contributed by atoms with Gasteiger partial charge in [0.25, 0.3) is 5.91 Å². The van der Waals surface area contributed by atoms with E-state index in [-0.39, 0.29) is 18.4 Å². The lowest BCUT2D eigenvalue weighted by molar-refractivity contribution is 0.0941. The SMILES string of the molecule is CC(CCO)CNC(=O)c1cccc2c1OCCN2. The molecular weight excluding hydrogens is 244 g/mol. The van der Waals surface area contributed by atoms with Crippen molar-refractivity contribution < 1.29 is 14.6 Å². The normalized spacial score (nSPS) is 14.8. The molecule has 1 aromatic rings. The molecule has 0 saturated heterocycles. The number of anilines is 1. The standard InChI is InChI=1S/C14H20N2O3/c1-10(5-7-17)9-16-14(18)11-3-2-4-12-13(11)19-8-6-15-12/h2-4,10,15,17H,5-9H2,1H3,(H,16,18). The highest BCUT2D eigenvalue weighted by atomic mass is 16.5. The molecule has 0 saturated carbocycles. The predicted molar refractivity (Wildman–Crippen MR) is 73.6 cm³/mol. The summed E-state index contributed by atoms with van der Waals surface area (Å²) >= 11 is 0. The number of hydrogen-bond donors (Lipinski definition) is 3. The summed E-state index contributed by atoms with van der Waals surface area (Å²) in [7, 11) is 0. The number of amides is 1. The third-order valence-electron chi connectivity index (χ3n) is 3.16. The lowest BCUT2D eigenvalue weighted by atomic mass is 10.1. The molecule has 0 bridgehead atoms. The molecule has 1 unspecified atom stereocenters. The number of aliphatic hydroxyl groups excluding tert-OH is 1. The van der Waals surface area contributed by atoms with E-state index >= 15 is 0 Å². The van der Waals surface area contributed by atoms with Gasteiger partial charge in [-0.05, 0) is 24.5 Å². The molecule has 3 N–H and O–H groups in total. The van der Waals surface area contributed by atoms with E-state index in [4.69, 9.17) is 9.84 Å². The Morgan fingerprint density at radius 2 is 2.42 bits per heavy atom. The first-order chi connectivity index (χ1) is 9.22. The van der Waals surface area contributed by atoms with E-state index in [1.165, 1.54) is 0 Å². The van der Waals surface area contributed by atoms with Crippen LogP contribution in [0.25, 0.3) is 0 Å². The lowest BCUT2D eigenvalue weighted by Crippen LogP contribution is -2.30. The highest BCUT2D eigenvalue weighted by Crippen LogP contribution is 2.31. The molecule has 1 heterocycles. The third kappa shape index (κ3) is 3.38. The summed E-state index contributed by atoms with van der Waals surface area (Å²) in [6.07, 6.45) is 0.686. The number of carbonyl (C=O) groups is 1. The molecule has 1 amide bonds. The third-order valence-corrected chi connectivity index (χ3v) is 3.16. The Morgan fingerprint density at radius 1 is 1.58 bits per heavy atom. The van der Waals surface area contributed by atoms with Crippen molar-refractivity contribution in [1.82, 2.24) is 5.32 Å². The van der Waals surface area contributed by atoms with E-state index in [0.29, 0.717) is 30.9 Å². The van der Waals surface area contributed by atoms with Crippen LogP contribution in [0.1, 0.15) is 23.7 Å². The molecule has 1 aliphatic heterocycles. The number of ether oxygens (including phenoxy) is 1. The maximum atomic E-state index is 12.1. The average Bonchev–Trinajstić information content (AvgIpc) is 2.44. The molecule has 104 valence electrons. The Labute approximate surface area is 113 Å². The monoisotopic (exact) mass is 264 g/mol. The molecule has 1 aliphatic rings. The van der Waals surface area contributed by atoms with Gasteiger partial charge in [-0.2, -0.15) is 0 Å². The van der Waals surface area contributed by atoms with Crippen LogP contribution in [-0.4, -0.2) is 37.3 Å². The van der Waals surface area contributed by atoms with Crippen molar-refractivity contribution in [2.75, 3.05) is 31.6 Å². The number of rotatable bonds is 5. The fourth-order valence-electron chi connectivity index (χ4n) is 2.03. The van der Waals surface area contributed by atoms with Gasteiger partial charge in [-0.25, -0.2) is 0 Å². The zero-order chi connectivity index (χ0) is 13.7. The minimum absolute atomic E-state index is 0.134. The first kappa shape index (κ1) is 13.7. The van der Waals surface area contributed by atoms with E-state index in [0.717, 1.165) is 12.2 Å². The van der Waals surface area contributed by atoms with Gasteiger partial charge in [0.15, 0.2) is 5.75 Å². The van der Waals surface area contributed by atoms with Gasteiger partial charge in [0.2, 0.25) is 0 Å². The maximum absolute atomic E-state index is 12.1. The topological polar surface area (TPSA) is 70.6 Å². The van der Waals surface area contributed by atoms with Gasteiger partial charge in [-0.15, -0.1) is 0 Å². The van der Waals surface area contributed by atoms with E-state index in [9.17, 15) is 4.79 Å². The summed E-state index contributed by atoms with van der Waals surface area (Å²) in [5.41, 5.74) is 1.42. The minimum Gasteiger partial charge on any atom is -0.489 e. The van der Waals surface area contributed by atoms with E-state index in [2.05, 4.69) is 10.6 Å². The fourth-order valence-corrected chi connectivity index (χ4v) is 2.03. The molecule has 0 aliphatic carbocycles. The van der Waals surface area contributed by atoms with Gasteiger partial charge < -0.3 is 20.5 Å². The molecule has 1 atom stereocenters. The Balaban J connectivity index is 2.03. The molecule has 1 aromatic carbocycles. The second-order valence-corrected chi connectivity index (χ2v) is 4.78. The summed E-state index contributed by atoms with van der Waals surface area (Å²) in [6.45, 7) is 4.01. The van der Waals surface area contributed by atoms with Crippen LogP contribution in [0.4, 0.5) is 5.69 Å². The van der Waals surface area contributed by atoms with Crippen LogP contribution in [0.2, 0.25) is 0 Å². The van der Waals surface area contributed by atoms with Crippen molar-refractivity contribution in [1.29, 1.82) is 0 Å². The number of benzene rings is 1. The Hall–Kier alpha value is -1.75. The van der Waals surface area contributed by atoms with Crippen molar-refractivity contribution in [3.8, 4) is 5.75 Å². The van der Waals surface area contributed by atoms with Crippen LogP contribution in [-0.2, 0) is 0 Å². The summed E-state index contributed by atoms with van der Waals surface area (Å²) in [5.74, 6) is 0.749. The Morgan fingerprint density at radius 3 is 3.21 bits per heavy atom. The summed E-state index contributed by atoms with van der Waals surface area (Å²) < 4.78 is 5.57. The lowest BCUT2D eigenvalue weighted by Gasteiger charge is -2.21. The van der Waals surface area contributed by atoms with Gasteiger partial charge in [0.05, 0.1) is 11.3 Å². The maximum Gasteiger partial charge on any atom is 0.255 e. The predicted octanol–water partition coefficient (Wildman–Crippen LogP) is 1.24. The van der Waals surface area contributed by atoms with Crippen molar-refractivity contribution in [3.05, 3.63) is 23.8 Å². The molecule has 2 rings (SSSR count). The average molecular weight is 264 g/mol. The van der Waals surface area contributed by atoms with Crippen LogP contribution >= 0.6 is 0 Å². The fraction of sp³-hybridized carbons (Fsp3) is 0.500. The zero-order valence-electron chi connectivity index (χ0n) is 11.1. The second-order valence-electron chi connectivity index (χ2n) is 4.78. The molecule has 19 heavy (non-hydrogen) atoms. The first-order valence-corrected chi connectivity index (χ1v) is 6.61. The Bertz CT molecular complexity index is 448. The van der Waals surface area contributed by atoms with Crippen LogP contribution in [0, 0.1) is 5.92 Å². The van der Waals surface area contributed by atoms with Crippen molar-refractivity contribution in [2.24, 2.45) is 5.92 Å². The number of aliphatic hydroxyl groups is 1. The minimum atomic E-state index is -0.134. The van der Waals surface area contributed by atoms with Crippen molar-refractivity contribution in [3.63, 3.8) is 0 Å². The van der Waals surface area contributed by atoms with Gasteiger partial charge >= 0.3 is 0 Å². The molecule has 0 aromatic heterocycles. The molecule has 0 spiro atoms. The number of hydrogen-bond acceptors (Lipinski definition) is 4. The van der Waals surface area contributed by atoms with Crippen molar-refractivity contribution in [2.45, 2.75) is 13.3 Å². The number of fused-ring (bicyclic) bond motifs is 1. The van der Waals surface area contributed by atoms with Crippen LogP contribution in [0.5, 0.6) is 5.75 Å². The molecule has 0 radical (unpaired) electrons. The zero-order valence-corrected chi connectivity index (χ0v) is 11.1. The molecule has 5 heteroatoms. The van der Waals surface area contributed by atoms with Crippen LogP contribution in [0.3, 0.4) is 0 Å². The number of para-hydroxylation sites is 1. The highest BCUT2D eigenvalue weighted by Gasteiger charge is 2.18. The van der Waals surface area contributed by atoms with Gasteiger partial charge in [0.1, 0.15) is 6.61 Å². The van der Waals surface area contributed by atoms with Crippen LogP contribution in [0.15, 0.2) is 18.2 Å². The van der Waals surface area contributed by atoms with Gasteiger partial charge in [-0.3, -0.25) is 4.79 Å². The van der Waals surface area contributed by atoms with Crippen molar-refractivity contribution >= 4 is 11.6 Å². The summed E-state index contributed by atoms with van der Waals surface area (Å²) in [4.78, 5) is 12.1. The largest absolute Gasteiger partial charge is 0.489 e. The molecule has 5 nitrogen and oxygen atoms in total. The number of nitrogens with one attached hydrogen (secondary N) is 2. The van der Waals surface area contributed by atoms with E-state index in [1.54, 1.807) is 6.07 Å².